The van der Waals surface area contributed by atoms with E-state index >= 15 is 0 Å². The Morgan fingerprint density at radius 1 is 1.42 bits per heavy atom. The Morgan fingerprint density at radius 2 is 2.25 bits per heavy atom. The van der Waals surface area contributed by atoms with Gasteiger partial charge in [-0.2, -0.15) is 0 Å². The molecule has 1 aliphatic rings. The number of aryl methyl sites for hydroxylation is 1. The number of fused-ring (bicyclic) bond motifs is 1. The Bertz CT molecular complexity index is 293. The standard InChI is InChI=1S/C9H12BrNS/c10-9-6-2-1-3-7(6)12-8(9)4-5-11/h1-5,11H2. The van der Waals surface area contributed by atoms with Crippen LogP contribution in [0.1, 0.15) is 21.7 Å². The van der Waals surface area contributed by atoms with Crippen molar-refractivity contribution in [2.24, 2.45) is 5.73 Å². The van der Waals surface area contributed by atoms with Gasteiger partial charge in [0, 0.05) is 14.2 Å². The van der Waals surface area contributed by atoms with Crippen molar-refractivity contribution in [1.29, 1.82) is 0 Å². The monoisotopic (exact) mass is 245 g/mol. The molecule has 2 N–H and O–H groups in total. The number of hydrogen-bond acceptors (Lipinski definition) is 2. The second-order valence-corrected chi connectivity index (χ2v) is 5.12. The van der Waals surface area contributed by atoms with Crippen LogP contribution < -0.4 is 5.73 Å². The van der Waals surface area contributed by atoms with Crippen LogP contribution >= 0.6 is 27.3 Å². The molecule has 12 heavy (non-hydrogen) atoms. The molecule has 1 heterocycles. The van der Waals surface area contributed by atoms with Crippen molar-refractivity contribution in [1.82, 2.24) is 0 Å². The van der Waals surface area contributed by atoms with Crippen LogP contribution in [0.25, 0.3) is 0 Å². The molecule has 2 rings (SSSR count). The predicted molar refractivity (Wildman–Crippen MR) is 56.8 cm³/mol. The molecular weight excluding hydrogens is 234 g/mol. The molecule has 0 saturated carbocycles. The van der Waals surface area contributed by atoms with Crippen LogP contribution in [0.3, 0.4) is 0 Å². The molecule has 0 bridgehead atoms. The van der Waals surface area contributed by atoms with E-state index in [1.807, 2.05) is 11.3 Å². The van der Waals surface area contributed by atoms with E-state index in [4.69, 9.17) is 5.73 Å². The van der Waals surface area contributed by atoms with Gasteiger partial charge < -0.3 is 5.73 Å². The average molecular weight is 246 g/mol. The van der Waals surface area contributed by atoms with Crippen LogP contribution in [0.5, 0.6) is 0 Å². The maximum Gasteiger partial charge on any atom is 0.0349 e. The minimum atomic E-state index is 0.762. The lowest BCUT2D eigenvalue weighted by molar-refractivity contribution is 0.908. The molecule has 0 aliphatic heterocycles. The van der Waals surface area contributed by atoms with E-state index in [9.17, 15) is 0 Å². The number of halogens is 1. The molecule has 0 saturated heterocycles. The van der Waals surface area contributed by atoms with Gasteiger partial charge in [0.15, 0.2) is 0 Å². The lowest BCUT2D eigenvalue weighted by atomic mass is 10.2. The maximum atomic E-state index is 5.53. The zero-order valence-electron chi connectivity index (χ0n) is 6.90. The van der Waals surface area contributed by atoms with Crippen molar-refractivity contribution >= 4 is 27.3 Å². The summed E-state index contributed by atoms with van der Waals surface area (Å²) in [5.41, 5.74) is 7.09. The van der Waals surface area contributed by atoms with Gasteiger partial charge in [-0.25, -0.2) is 0 Å². The molecule has 0 atom stereocenters. The smallest absolute Gasteiger partial charge is 0.0349 e. The maximum absolute atomic E-state index is 5.53. The summed E-state index contributed by atoms with van der Waals surface area (Å²) in [5.74, 6) is 0. The molecule has 0 spiro atoms. The molecule has 3 heteroatoms. The number of hydrogen-bond donors (Lipinski definition) is 1. The molecule has 0 amide bonds. The Hall–Kier alpha value is 0.140. The SMILES string of the molecule is NCCc1sc2c(c1Br)CCC2. The first kappa shape index (κ1) is 8.73. The Kier molecular flexibility index (Phi) is 2.53. The van der Waals surface area contributed by atoms with E-state index in [0.29, 0.717) is 0 Å². The minimum absolute atomic E-state index is 0.762. The van der Waals surface area contributed by atoms with Gasteiger partial charge in [-0.3, -0.25) is 0 Å². The average Bonchev–Trinajstić information content (AvgIpc) is 2.58. The van der Waals surface area contributed by atoms with Gasteiger partial charge in [-0.1, -0.05) is 0 Å². The van der Waals surface area contributed by atoms with E-state index in [-0.39, 0.29) is 0 Å². The Labute approximate surface area is 85.1 Å². The van der Waals surface area contributed by atoms with E-state index < -0.39 is 0 Å². The van der Waals surface area contributed by atoms with Crippen molar-refractivity contribution in [2.45, 2.75) is 25.7 Å². The van der Waals surface area contributed by atoms with Crippen molar-refractivity contribution < 1.29 is 0 Å². The van der Waals surface area contributed by atoms with Gasteiger partial charge in [0.1, 0.15) is 0 Å². The van der Waals surface area contributed by atoms with Crippen LogP contribution in [0.4, 0.5) is 0 Å². The second kappa shape index (κ2) is 3.48. The molecular formula is C9H12BrNS. The third-order valence-corrected chi connectivity index (χ3v) is 4.87. The van der Waals surface area contributed by atoms with E-state index in [1.165, 1.54) is 28.6 Å². The predicted octanol–water partition coefficient (Wildman–Crippen LogP) is 2.50. The third-order valence-electron chi connectivity index (χ3n) is 2.29. The fraction of sp³-hybridized carbons (Fsp3) is 0.556. The fourth-order valence-corrected chi connectivity index (χ4v) is 4.03. The molecule has 0 aromatic carbocycles. The molecule has 0 unspecified atom stereocenters. The van der Waals surface area contributed by atoms with E-state index in [2.05, 4.69) is 15.9 Å². The quantitative estimate of drug-likeness (QED) is 0.852. The first-order chi connectivity index (χ1) is 5.83. The summed E-state index contributed by atoms with van der Waals surface area (Å²) in [6.07, 6.45) is 4.90. The van der Waals surface area contributed by atoms with Crippen molar-refractivity contribution in [3.05, 3.63) is 19.8 Å². The fourth-order valence-electron chi connectivity index (χ4n) is 1.71. The van der Waals surface area contributed by atoms with E-state index in [0.717, 1.165) is 13.0 Å². The summed E-state index contributed by atoms with van der Waals surface area (Å²) in [6, 6.07) is 0. The summed E-state index contributed by atoms with van der Waals surface area (Å²) in [6.45, 7) is 0.762. The van der Waals surface area contributed by atoms with Crippen molar-refractivity contribution in [3.63, 3.8) is 0 Å². The molecule has 1 aromatic rings. The molecule has 0 fully saturated rings. The van der Waals surface area contributed by atoms with Crippen LogP contribution in [-0.2, 0) is 19.3 Å². The normalized spacial score (nSPS) is 15.2. The van der Waals surface area contributed by atoms with Gasteiger partial charge in [0.05, 0.1) is 0 Å². The van der Waals surface area contributed by atoms with Gasteiger partial charge in [0.25, 0.3) is 0 Å². The largest absolute Gasteiger partial charge is 0.330 e. The molecule has 66 valence electrons. The minimum Gasteiger partial charge on any atom is -0.330 e. The van der Waals surface area contributed by atoms with Gasteiger partial charge >= 0.3 is 0 Å². The summed E-state index contributed by atoms with van der Waals surface area (Å²) < 4.78 is 1.35. The lowest BCUT2D eigenvalue weighted by Gasteiger charge is -1.95. The van der Waals surface area contributed by atoms with Gasteiger partial charge in [-0.15, -0.1) is 11.3 Å². The summed E-state index contributed by atoms with van der Waals surface area (Å²) in [5, 5.41) is 0. The first-order valence-electron chi connectivity index (χ1n) is 4.32. The zero-order valence-corrected chi connectivity index (χ0v) is 9.30. The Morgan fingerprint density at radius 3 is 2.92 bits per heavy atom. The lowest BCUT2D eigenvalue weighted by Crippen LogP contribution is -2.01. The van der Waals surface area contributed by atoms with Gasteiger partial charge in [-0.05, 0) is 53.7 Å². The van der Waals surface area contributed by atoms with Crippen LogP contribution in [0.15, 0.2) is 4.47 Å². The number of thiophene rings is 1. The van der Waals surface area contributed by atoms with Crippen LogP contribution in [0, 0.1) is 0 Å². The van der Waals surface area contributed by atoms with Crippen molar-refractivity contribution in [2.75, 3.05) is 6.54 Å². The Balaban J connectivity index is 2.34. The first-order valence-corrected chi connectivity index (χ1v) is 5.93. The number of nitrogens with two attached hydrogens (primary N) is 1. The highest BCUT2D eigenvalue weighted by Crippen LogP contribution is 2.38. The second-order valence-electron chi connectivity index (χ2n) is 3.13. The number of rotatable bonds is 2. The molecule has 1 aliphatic carbocycles. The summed E-state index contributed by atoms with van der Waals surface area (Å²) in [4.78, 5) is 3.03. The van der Waals surface area contributed by atoms with E-state index in [1.54, 1.807) is 10.4 Å². The van der Waals surface area contributed by atoms with Crippen LogP contribution in [-0.4, -0.2) is 6.54 Å². The van der Waals surface area contributed by atoms with Crippen LogP contribution in [0.2, 0.25) is 0 Å². The third kappa shape index (κ3) is 1.34. The highest BCUT2D eigenvalue weighted by atomic mass is 79.9. The molecule has 1 nitrogen and oxygen atoms in total. The topological polar surface area (TPSA) is 26.0 Å². The molecule has 0 radical (unpaired) electrons. The molecule has 1 aromatic heterocycles. The highest BCUT2D eigenvalue weighted by Gasteiger charge is 2.19. The zero-order chi connectivity index (χ0) is 8.55. The van der Waals surface area contributed by atoms with Gasteiger partial charge in [0.2, 0.25) is 0 Å². The highest BCUT2D eigenvalue weighted by molar-refractivity contribution is 9.10. The summed E-state index contributed by atoms with van der Waals surface area (Å²) in [7, 11) is 0. The van der Waals surface area contributed by atoms with Crippen molar-refractivity contribution in [3.8, 4) is 0 Å². The summed E-state index contributed by atoms with van der Waals surface area (Å²) >= 11 is 5.60.